The molecule has 0 bridgehead atoms. The second kappa shape index (κ2) is 8.44. The van der Waals surface area contributed by atoms with Gasteiger partial charge in [-0.05, 0) is 94.4 Å². The highest BCUT2D eigenvalue weighted by molar-refractivity contribution is 6.26. The van der Waals surface area contributed by atoms with Crippen molar-refractivity contribution in [2.75, 3.05) is 0 Å². The Balaban J connectivity index is 1.48. The van der Waals surface area contributed by atoms with Gasteiger partial charge in [0.25, 0.3) is 0 Å². The summed E-state index contributed by atoms with van der Waals surface area (Å²) in [6.07, 6.45) is 0. The number of fused-ring (bicyclic) bond motifs is 3. The third kappa shape index (κ3) is 3.17. The fraction of sp³-hybridized carbons (Fsp3) is 0. The maximum atomic E-state index is 9.77. The Morgan fingerprint density at radius 3 is 1.67 bits per heavy atom. The van der Waals surface area contributed by atoms with Crippen LogP contribution in [0.25, 0.3) is 87.2 Å². The molecule has 10 rings (SSSR count). The van der Waals surface area contributed by atoms with Crippen LogP contribution in [-0.4, -0.2) is 0 Å². The van der Waals surface area contributed by atoms with Crippen molar-refractivity contribution in [2.24, 2.45) is 0 Å². The van der Waals surface area contributed by atoms with Crippen LogP contribution in [0.5, 0.6) is 11.5 Å². The van der Waals surface area contributed by atoms with Crippen molar-refractivity contribution in [3.05, 3.63) is 145 Å². The number of rotatable bonds is 2. The molecule has 0 radical (unpaired) electrons. The van der Waals surface area contributed by atoms with E-state index in [0.717, 1.165) is 0 Å². The Morgan fingerprint density at radius 1 is 0.349 bits per heavy atom. The van der Waals surface area contributed by atoms with Gasteiger partial charge < -0.3 is 4.74 Å². The van der Waals surface area contributed by atoms with Gasteiger partial charge in [0.15, 0.2) is 0 Å². The molecule has 0 saturated carbocycles. The van der Waals surface area contributed by atoms with E-state index in [4.69, 9.17) is 26.7 Å². The van der Waals surface area contributed by atoms with Crippen LogP contribution in [0.2, 0.25) is 0 Å². The molecule has 1 aliphatic heterocycles. The Hall–Kier alpha value is -5.66. The van der Waals surface area contributed by atoms with Crippen LogP contribution < -0.4 is 4.74 Å². The van der Waals surface area contributed by atoms with Gasteiger partial charge in [-0.2, -0.15) is 0 Å². The normalized spacial score (nSPS) is 20.2. The van der Waals surface area contributed by atoms with Crippen LogP contribution in [0.4, 0.5) is 0 Å². The Morgan fingerprint density at radius 2 is 0.907 bits per heavy atom. The first-order valence-corrected chi connectivity index (χ1v) is 12.9. The predicted molar refractivity (Wildman–Crippen MR) is 182 cm³/mol. The summed E-state index contributed by atoms with van der Waals surface area (Å²) in [7, 11) is 0. The monoisotopic (exact) mass is 568 g/mol. The topological polar surface area (TPSA) is 9.23 Å². The largest absolute Gasteiger partial charge is 0.456 e. The summed E-state index contributed by atoms with van der Waals surface area (Å²) in [5.41, 5.74) is -3.79. The minimum atomic E-state index is -0.969. The fourth-order valence-corrected chi connectivity index (χ4v) is 5.67. The Bertz CT molecular complexity index is 3890. The van der Waals surface area contributed by atoms with E-state index >= 15 is 0 Å². The SMILES string of the molecule is [2H]c1c([2H])c(-c2c([2H])c([2H])c([2H])c3c([2H])c([2H])c([2H])c(-c4c([2H])c([2H])c5c([2H])c([2H])c6c([2H])c([2H])c([2H])c7c([2H])c([2H])c4c5c67)c23)c([2H])c2c1Oc1c([2H])c([2H])c([2H])c3c([2H])c([2H])c([2H])c-2c13. The van der Waals surface area contributed by atoms with Crippen LogP contribution in [0, 0.1) is 0 Å². The summed E-state index contributed by atoms with van der Waals surface area (Å²) in [4.78, 5) is 0. The van der Waals surface area contributed by atoms with E-state index in [2.05, 4.69) is 0 Å². The van der Waals surface area contributed by atoms with Gasteiger partial charge in [0.2, 0.25) is 0 Å². The van der Waals surface area contributed by atoms with Gasteiger partial charge >= 0.3 is 0 Å². The van der Waals surface area contributed by atoms with Gasteiger partial charge in [-0.1, -0.05) is 127 Å². The summed E-state index contributed by atoms with van der Waals surface area (Å²) in [5, 5.41) is -4.39. The molecule has 0 aromatic heterocycles. The first-order chi connectivity index (χ1) is 31.3. The van der Waals surface area contributed by atoms with Crippen LogP contribution in [0.1, 0.15) is 32.9 Å². The number of hydrogen-bond acceptors (Lipinski definition) is 1. The maximum Gasteiger partial charge on any atom is 0.135 e. The molecule has 1 heteroatoms. The Labute approximate surface area is 282 Å². The van der Waals surface area contributed by atoms with E-state index in [1.54, 1.807) is 0 Å². The van der Waals surface area contributed by atoms with Crippen molar-refractivity contribution < 1.29 is 37.6 Å². The van der Waals surface area contributed by atoms with Crippen molar-refractivity contribution in [2.45, 2.75) is 0 Å². The first-order valence-electron chi connectivity index (χ1n) is 24.9. The molecule has 0 spiro atoms. The van der Waals surface area contributed by atoms with Crippen molar-refractivity contribution in [1.29, 1.82) is 0 Å². The highest BCUT2D eigenvalue weighted by Crippen LogP contribution is 2.49. The van der Waals surface area contributed by atoms with Gasteiger partial charge in [-0.25, -0.2) is 0 Å². The maximum absolute atomic E-state index is 9.77. The van der Waals surface area contributed by atoms with Gasteiger partial charge in [0, 0.05) is 10.9 Å². The fourth-order valence-electron chi connectivity index (χ4n) is 5.67. The molecule has 0 saturated heterocycles. The summed E-state index contributed by atoms with van der Waals surface area (Å²) in [6.45, 7) is 0. The molecule has 9 aromatic rings. The number of benzene rings is 9. The van der Waals surface area contributed by atoms with Crippen molar-refractivity contribution in [1.82, 2.24) is 0 Å². The van der Waals surface area contributed by atoms with Crippen LogP contribution in [-0.2, 0) is 0 Å². The van der Waals surface area contributed by atoms with E-state index in [0.29, 0.717) is 0 Å². The average Bonchev–Trinajstić information content (AvgIpc) is 3.29. The zero-order valence-corrected chi connectivity index (χ0v) is 21.4. The smallest absolute Gasteiger partial charge is 0.135 e. The Kier molecular flexibility index (Phi) is 1.96. The minimum absolute atomic E-state index is 0.271. The van der Waals surface area contributed by atoms with E-state index < -0.39 is 228 Å². The molecule has 0 aliphatic carbocycles. The highest BCUT2D eigenvalue weighted by Gasteiger charge is 2.21. The lowest BCUT2D eigenvalue weighted by molar-refractivity contribution is 0.487. The molecule has 198 valence electrons. The van der Waals surface area contributed by atoms with Crippen molar-refractivity contribution in [3.63, 3.8) is 0 Å². The third-order valence-corrected chi connectivity index (χ3v) is 7.51. The van der Waals surface area contributed by atoms with Gasteiger partial charge in [0.05, 0.1) is 32.9 Å². The van der Waals surface area contributed by atoms with Crippen LogP contribution >= 0.6 is 0 Å². The van der Waals surface area contributed by atoms with Crippen LogP contribution in [0.15, 0.2) is 145 Å². The van der Waals surface area contributed by atoms with E-state index in [1.165, 1.54) is 0 Å². The molecule has 0 fully saturated rings. The van der Waals surface area contributed by atoms with Crippen molar-refractivity contribution in [3.8, 4) is 44.9 Å². The summed E-state index contributed by atoms with van der Waals surface area (Å²) < 4.78 is 222. The van der Waals surface area contributed by atoms with E-state index in [9.17, 15) is 11.0 Å². The lowest BCUT2D eigenvalue weighted by Crippen LogP contribution is -1.97. The number of hydrogen-bond donors (Lipinski definition) is 0. The standard InChI is InChI=1S/C42H24O/c1-6-27-16-17-29-18-21-32(35-22-19-28(7-1)39(27)42(29)35)33-13-3-9-25-8-2-12-31(40(25)33)30-20-23-37-36(24-30)34-14-4-10-26-11-5-15-38(43-37)41(26)34/h1-24H/i1D,2D,3D,4D,5D,6D,7D,8D,9D,10D,11D,12D,13D,14D,15D,16D,17D,18D,19D,20D,21D,22D,23D,24D. The molecule has 0 amide bonds. The van der Waals surface area contributed by atoms with Gasteiger partial charge in [-0.15, -0.1) is 0 Å². The van der Waals surface area contributed by atoms with Crippen LogP contribution in [0.3, 0.4) is 0 Å². The molecule has 1 heterocycles. The molecule has 43 heavy (non-hydrogen) atoms. The highest BCUT2D eigenvalue weighted by atomic mass is 16.5. The average molecular weight is 569 g/mol. The predicted octanol–water partition coefficient (Wildman–Crippen LogP) is 12.0. The third-order valence-electron chi connectivity index (χ3n) is 7.51. The quantitative estimate of drug-likeness (QED) is 0.188. The lowest BCUT2D eigenvalue weighted by atomic mass is 9.86. The van der Waals surface area contributed by atoms with Gasteiger partial charge in [0.1, 0.15) is 11.5 Å². The van der Waals surface area contributed by atoms with E-state index in [1.807, 2.05) is 0 Å². The summed E-state index contributed by atoms with van der Waals surface area (Å²) >= 11 is 0. The van der Waals surface area contributed by atoms with Crippen molar-refractivity contribution >= 4 is 53.9 Å². The summed E-state index contributed by atoms with van der Waals surface area (Å²) in [5.74, 6) is -1.15. The second-order valence-electron chi connectivity index (χ2n) is 9.76. The molecule has 1 nitrogen and oxygen atoms in total. The molecule has 0 unspecified atom stereocenters. The zero-order chi connectivity index (χ0) is 49.0. The summed E-state index contributed by atoms with van der Waals surface area (Å²) in [6, 6.07) is -19.5. The van der Waals surface area contributed by atoms with E-state index in [-0.39, 0.29) is 16.2 Å². The lowest BCUT2D eigenvalue weighted by Gasteiger charge is -2.22. The molecule has 0 atom stereocenters. The molecule has 9 aromatic carbocycles. The minimum Gasteiger partial charge on any atom is -0.456 e. The molecule has 0 N–H and O–H groups in total. The van der Waals surface area contributed by atoms with Gasteiger partial charge in [-0.3, -0.25) is 0 Å². The zero-order valence-electron chi connectivity index (χ0n) is 45.4. The molecule has 1 aliphatic rings. The second-order valence-corrected chi connectivity index (χ2v) is 9.76. The number of ether oxygens (including phenoxy) is 1. The molecular weight excluding hydrogens is 520 g/mol. The molecular formula is C42H24O. The first kappa shape index (κ1) is 9.97.